The van der Waals surface area contributed by atoms with E-state index in [1.54, 1.807) is 0 Å². The molecule has 0 N–H and O–H groups in total. The molecule has 1 heteroatoms. The molecule has 55 heavy (non-hydrogen) atoms. The van der Waals surface area contributed by atoms with Crippen molar-refractivity contribution in [1.82, 2.24) is 4.57 Å². The fourth-order valence-electron chi connectivity index (χ4n) is 8.43. The third kappa shape index (κ3) is 6.20. The highest BCUT2D eigenvalue weighted by Gasteiger charge is 2.19. The van der Waals surface area contributed by atoms with Crippen molar-refractivity contribution in [3.05, 3.63) is 235 Å². The van der Waals surface area contributed by atoms with E-state index in [1.165, 1.54) is 88.3 Å². The Bertz CT molecular complexity index is 2900. The Balaban J connectivity index is 0.985. The molecule has 1 unspecified atom stereocenters. The minimum Gasteiger partial charge on any atom is -0.309 e. The number of hydrogen-bond acceptors (Lipinski definition) is 0. The molecule has 0 aliphatic carbocycles. The van der Waals surface area contributed by atoms with Crippen LogP contribution in [0.2, 0.25) is 0 Å². The zero-order chi connectivity index (χ0) is 36.6. The van der Waals surface area contributed by atoms with Gasteiger partial charge in [-0.15, -0.1) is 0 Å². The van der Waals surface area contributed by atoms with E-state index in [0.29, 0.717) is 0 Å². The van der Waals surface area contributed by atoms with E-state index < -0.39 is 0 Å². The van der Waals surface area contributed by atoms with Crippen LogP contribution in [-0.4, -0.2) is 4.57 Å². The van der Waals surface area contributed by atoms with E-state index in [1.807, 2.05) is 0 Å². The summed E-state index contributed by atoms with van der Waals surface area (Å²) in [4.78, 5) is 0. The summed E-state index contributed by atoms with van der Waals surface area (Å²) in [5.41, 5.74) is 15.0. The molecular weight excluding hydrogens is 663 g/mol. The van der Waals surface area contributed by atoms with Gasteiger partial charge >= 0.3 is 0 Å². The highest BCUT2D eigenvalue weighted by atomic mass is 15.0. The smallest absolute Gasteiger partial charge is 0.0541 e. The molecule has 10 rings (SSSR count). The van der Waals surface area contributed by atoms with Gasteiger partial charge in [0.15, 0.2) is 0 Å². The summed E-state index contributed by atoms with van der Waals surface area (Å²) in [7, 11) is 0. The Morgan fingerprint density at radius 2 is 0.855 bits per heavy atom. The summed E-state index contributed by atoms with van der Waals surface area (Å²) >= 11 is 0. The van der Waals surface area contributed by atoms with Crippen LogP contribution in [0.4, 0.5) is 0 Å². The van der Waals surface area contributed by atoms with Crippen LogP contribution >= 0.6 is 0 Å². The molecule has 0 radical (unpaired) electrons. The molecule has 10 aromatic rings. The fraction of sp³-hybridized carbons (Fsp3) is 0.0370. The first-order chi connectivity index (χ1) is 27.3. The first-order valence-electron chi connectivity index (χ1n) is 19.2. The maximum atomic E-state index is 2.39. The van der Waals surface area contributed by atoms with Crippen molar-refractivity contribution < 1.29 is 0 Å². The Morgan fingerprint density at radius 1 is 0.345 bits per heavy atom. The number of aromatic nitrogens is 1. The predicted octanol–water partition coefficient (Wildman–Crippen LogP) is 14.3. The van der Waals surface area contributed by atoms with Crippen molar-refractivity contribution in [2.75, 3.05) is 0 Å². The second-order valence-corrected chi connectivity index (χ2v) is 14.5. The summed E-state index contributed by atoms with van der Waals surface area (Å²) in [6.07, 6.45) is 0.911. The number of fused-ring (bicyclic) bond motifs is 4. The minimum atomic E-state index is 0.214. The molecule has 0 saturated heterocycles. The number of nitrogens with zero attached hydrogens (tertiary/aromatic N) is 1. The van der Waals surface area contributed by atoms with Gasteiger partial charge in [-0.05, 0) is 97.6 Å². The number of hydrogen-bond donors (Lipinski definition) is 0. The van der Waals surface area contributed by atoms with Crippen LogP contribution in [-0.2, 0) is 6.42 Å². The van der Waals surface area contributed by atoms with Gasteiger partial charge in [0.25, 0.3) is 0 Å². The van der Waals surface area contributed by atoms with Gasteiger partial charge in [0.1, 0.15) is 0 Å². The van der Waals surface area contributed by atoms with E-state index >= 15 is 0 Å². The number of benzene rings is 9. The van der Waals surface area contributed by atoms with Crippen molar-refractivity contribution in [1.29, 1.82) is 0 Å². The SMILES string of the molecule is c1ccc(-c2ccc(C(Cc3ccc(-c4ccc5c(c4)c4ccccc4n5-c4ccc(-c5ccccc5)cc4)cc3)c3cccc4ccccc34)cc2)cc1. The molecule has 9 aromatic carbocycles. The predicted molar refractivity (Wildman–Crippen MR) is 233 cm³/mol. The van der Waals surface area contributed by atoms with Gasteiger partial charge < -0.3 is 4.57 Å². The molecule has 0 saturated carbocycles. The van der Waals surface area contributed by atoms with Crippen molar-refractivity contribution in [2.24, 2.45) is 0 Å². The maximum Gasteiger partial charge on any atom is 0.0541 e. The Kier molecular flexibility index (Phi) is 8.39. The molecule has 0 fully saturated rings. The standard InChI is InChI=1S/C54H39N/c1-3-12-39(13-4-1)41-26-28-45(29-27-41)51(49-20-11-17-44-16-7-8-18-48(44)49)36-38-22-24-43(25-23-38)46-32-35-54-52(37-46)50-19-9-10-21-53(50)55(54)47-33-30-42(31-34-47)40-14-5-2-6-15-40/h1-35,37,51H,36H2. The van der Waals surface area contributed by atoms with E-state index in [-0.39, 0.29) is 5.92 Å². The lowest BCUT2D eigenvalue weighted by molar-refractivity contribution is 0.812. The summed E-state index contributed by atoms with van der Waals surface area (Å²) in [6.45, 7) is 0. The lowest BCUT2D eigenvalue weighted by atomic mass is 9.83. The van der Waals surface area contributed by atoms with Gasteiger partial charge in [0.05, 0.1) is 11.0 Å². The largest absolute Gasteiger partial charge is 0.309 e. The van der Waals surface area contributed by atoms with Gasteiger partial charge in [-0.3, -0.25) is 0 Å². The molecule has 260 valence electrons. The van der Waals surface area contributed by atoms with Gasteiger partial charge in [-0.1, -0.05) is 188 Å². The Hall–Kier alpha value is -6.96. The van der Waals surface area contributed by atoms with Crippen molar-refractivity contribution in [3.8, 4) is 39.1 Å². The van der Waals surface area contributed by atoms with Crippen LogP contribution in [0.3, 0.4) is 0 Å². The van der Waals surface area contributed by atoms with Crippen LogP contribution in [0.5, 0.6) is 0 Å². The van der Waals surface area contributed by atoms with Gasteiger partial charge in [0.2, 0.25) is 0 Å². The normalized spacial score (nSPS) is 12.0. The molecule has 0 amide bonds. The first-order valence-corrected chi connectivity index (χ1v) is 19.2. The highest BCUT2D eigenvalue weighted by Crippen LogP contribution is 2.38. The zero-order valence-corrected chi connectivity index (χ0v) is 30.5. The topological polar surface area (TPSA) is 4.93 Å². The molecular formula is C54H39N. The molecule has 1 nitrogen and oxygen atoms in total. The molecule has 0 aliphatic heterocycles. The summed E-state index contributed by atoms with van der Waals surface area (Å²) in [6, 6.07) is 79.9. The summed E-state index contributed by atoms with van der Waals surface area (Å²) < 4.78 is 2.39. The molecule has 0 aliphatic rings. The molecule has 0 bridgehead atoms. The zero-order valence-electron chi connectivity index (χ0n) is 30.5. The fourth-order valence-corrected chi connectivity index (χ4v) is 8.43. The first kappa shape index (κ1) is 32.7. The Morgan fingerprint density at radius 3 is 1.56 bits per heavy atom. The van der Waals surface area contributed by atoms with E-state index in [9.17, 15) is 0 Å². The molecule has 1 heterocycles. The average molecular weight is 702 g/mol. The molecule has 1 aromatic heterocycles. The lowest BCUT2D eigenvalue weighted by Gasteiger charge is -2.21. The van der Waals surface area contributed by atoms with Gasteiger partial charge in [-0.25, -0.2) is 0 Å². The van der Waals surface area contributed by atoms with Crippen LogP contribution in [0.15, 0.2) is 218 Å². The van der Waals surface area contributed by atoms with Crippen LogP contribution in [0.25, 0.3) is 71.6 Å². The summed E-state index contributed by atoms with van der Waals surface area (Å²) in [5.74, 6) is 0.214. The number of para-hydroxylation sites is 1. The second-order valence-electron chi connectivity index (χ2n) is 14.5. The monoisotopic (exact) mass is 701 g/mol. The minimum absolute atomic E-state index is 0.214. The lowest BCUT2D eigenvalue weighted by Crippen LogP contribution is -2.06. The van der Waals surface area contributed by atoms with E-state index in [0.717, 1.165) is 6.42 Å². The van der Waals surface area contributed by atoms with E-state index in [2.05, 4.69) is 223 Å². The van der Waals surface area contributed by atoms with Crippen molar-refractivity contribution in [2.45, 2.75) is 12.3 Å². The third-order valence-electron chi connectivity index (χ3n) is 11.3. The van der Waals surface area contributed by atoms with Gasteiger partial charge in [-0.2, -0.15) is 0 Å². The van der Waals surface area contributed by atoms with E-state index in [4.69, 9.17) is 0 Å². The number of rotatable bonds is 8. The van der Waals surface area contributed by atoms with Gasteiger partial charge in [0, 0.05) is 22.4 Å². The highest BCUT2D eigenvalue weighted by molar-refractivity contribution is 6.10. The van der Waals surface area contributed by atoms with Crippen LogP contribution in [0, 0.1) is 0 Å². The molecule has 0 spiro atoms. The Labute approximate surface area is 322 Å². The second kappa shape index (κ2) is 14.1. The van der Waals surface area contributed by atoms with Crippen LogP contribution in [0.1, 0.15) is 22.6 Å². The third-order valence-corrected chi connectivity index (χ3v) is 11.3. The van der Waals surface area contributed by atoms with Crippen molar-refractivity contribution >= 4 is 32.6 Å². The average Bonchev–Trinajstić information content (AvgIpc) is 3.60. The van der Waals surface area contributed by atoms with Crippen LogP contribution < -0.4 is 0 Å². The summed E-state index contributed by atoms with van der Waals surface area (Å²) in [5, 5.41) is 5.12. The molecule has 1 atom stereocenters. The maximum absolute atomic E-state index is 2.39. The van der Waals surface area contributed by atoms with Crippen molar-refractivity contribution in [3.63, 3.8) is 0 Å². The quantitative estimate of drug-likeness (QED) is 0.149.